The van der Waals surface area contributed by atoms with E-state index in [0.717, 1.165) is 18.3 Å². The highest BCUT2D eigenvalue weighted by molar-refractivity contribution is 5.40. The van der Waals surface area contributed by atoms with E-state index >= 15 is 0 Å². The summed E-state index contributed by atoms with van der Waals surface area (Å²) in [6.45, 7) is 6.18. The maximum absolute atomic E-state index is 5.87. The number of benzene rings is 1. The molecule has 1 atom stereocenters. The fraction of sp³-hybridized carbons (Fsp3) is 0.625. The van der Waals surface area contributed by atoms with Gasteiger partial charge in [0, 0.05) is 24.8 Å². The molecule has 0 spiro atoms. The topological polar surface area (TPSA) is 32.5 Å². The molecule has 2 fully saturated rings. The van der Waals surface area contributed by atoms with Crippen molar-refractivity contribution in [1.82, 2.24) is 9.80 Å². The zero-order valence-corrected chi connectivity index (χ0v) is 11.7. The van der Waals surface area contributed by atoms with Gasteiger partial charge in [0.15, 0.2) is 0 Å². The average Bonchev–Trinajstić information content (AvgIpc) is 3.03. The summed E-state index contributed by atoms with van der Waals surface area (Å²) >= 11 is 0. The van der Waals surface area contributed by atoms with Crippen LogP contribution in [0.4, 0.5) is 5.69 Å². The molecule has 0 aromatic heterocycles. The van der Waals surface area contributed by atoms with Gasteiger partial charge in [-0.25, -0.2) is 0 Å². The van der Waals surface area contributed by atoms with Crippen molar-refractivity contribution in [2.45, 2.75) is 38.3 Å². The highest BCUT2D eigenvalue weighted by Gasteiger charge is 2.27. The fourth-order valence-corrected chi connectivity index (χ4v) is 3.50. The van der Waals surface area contributed by atoms with Crippen molar-refractivity contribution in [3.8, 4) is 0 Å². The molecule has 1 unspecified atom stereocenters. The van der Waals surface area contributed by atoms with Crippen molar-refractivity contribution < 1.29 is 0 Å². The lowest BCUT2D eigenvalue weighted by atomic mass is 10.1. The monoisotopic (exact) mass is 259 g/mol. The van der Waals surface area contributed by atoms with Crippen LogP contribution in [0.5, 0.6) is 0 Å². The standard InChI is InChI=1S/C16H25N3/c17-15-6-3-5-14(11-15)12-19-10-4-7-16(19)13-18-8-1-2-9-18/h3,5-6,11,16H,1-2,4,7-10,12-13,17H2. The van der Waals surface area contributed by atoms with Crippen LogP contribution < -0.4 is 5.73 Å². The second kappa shape index (κ2) is 5.93. The molecule has 2 aliphatic rings. The van der Waals surface area contributed by atoms with Crippen molar-refractivity contribution in [2.24, 2.45) is 0 Å². The summed E-state index contributed by atoms with van der Waals surface area (Å²) < 4.78 is 0. The quantitative estimate of drug-likeness (QED) is 0.842. The fourth-order valence-electron chi connectivity index (χ4n) is 3.50. The van der Waals surface area contributed by atoms with Gasteiger partial charge < -0.3 is 10.6 Å². The van der Waals surface area contributed by atoms with Crippen molar-refractivity contribution in [3.05, 3.63) is 29.8 Å². The van der Waals surface area contributed by atoms with E-state index in [1.54, 1.807) is 0 Å². The lowest BCUT2D eigenvalue weighted by Crippen LogP contribution is -2.38. The molecule has 3 nitrogen and oxygen atoms in total. The summed E-state index contributed by atoms with van der Waals surface area (Å²) in [7, 11) is 0. The normalized spacial score (nSPS) is 25.2. The van der Waals surface area contributed by atoms with Gasteiger partial charge in [0.05, 0.1) is 0 Å². The Balaban J connectivity index is 1.59. The number of hydrogen-bond donors (Lipinski definition) is 1. The number of likely N-dealkylation sites (tertiary alicyclic amines) is 2. The molecular weight excluding hydrogens is 234 g/mol. The molecule has 1 aromatic rings. The maximum Gasteiger partial charge on any atom is 0.0317 e. The summed E-state index contributed by atoms with van der Waals surface area (Å²) in [5.41, 5.74) is 8.11. The summed E-state index contributed by atoms with van der Waals surface area (Å²) in [5, 5.41) is 0. The third-order valence-corrected chi connectivity index (χ3v) is 4.50. The number of nitrogens with two attached hydrogens (primary N) is 1. The van der Waals surface area contributed by atoms with Crippen LogP contribution in [0.1, 0.15) is 31.2 Å². The molecule has 0 aliphatic carbocycles. The SMILES string of the molecule is Nc1cccc(CN2CCCC2CN2CCCC2)c1. The molecule has 3 rings (SSSR count). The van der Waals surface area contributed by atoms with Crippen molar-refractivity contribution in [1.29, 1.82) is 0 Å². The minimum absolute atomic E-state index is 0.750. The van der Waals surface area contributed by atoms with Crippen LogP contribution in [0.15, 0.2) is 24.3 Å². The molecule has 104 valence electrons. The molecule has 2 saturated heterocycles. The molecule has 0 saturated carbocycles. The van der Waals surface area contributed by atoms with E-state index in [0.29, 0.717) is 0 Å². The Morgan fingerprint density at radius 2 is 1.95 bits per heavy atom. The van der Waals surface area contributed by atoms with Gasteiger partial charge >= 0.3 is 0 Å². The second-order valence-electron chi connectivity index (χ2n) is 6.02. The second-order valence-corrected chi connectivity index (χ2v) is 6.02. The van der Waals surface area contributed by atoms with E-state index in [1.807, 2.05) is 6.07 Å². The zero-order chi connectivity index (χ0) is 13.1. The molecule has 2 aliphatic heterocycles. The molecule has 19 heavy (non-hydrogen) atoms. The Bertz CT molecular complexity index is 412. The van der Waals surface area contributed by atoms with E-state index < -0.39 is 0 Å². The lowest BCUT2D eigenvalue weighted by molar-refractivity contribution is 0.185. The van der Waals surface area contributed by atoms with E-state index in [2.05, 4.69) is 28.0 Å². The number of anilines is 1. The predicted octanol–water partition coefficient (Wildman–Crippen LogP) is 2.33. The smallest absolute Gasteiger partial charge is 0.0317 e. The number of nitrogens with zero attached hydrogens (tertiary/aromatic N) is 2. The zero-order valence-electron chi connectivity index (χ0n) is 11.7. The molecule has 2 heterocycles. The Morgan fingerprint density at radius 3 is 2.74 bits per heavy atom. The Kier molecular flexibility index (Phi) is 4.04. The molecule has 3 heteroatoms. The van der Waals surface area contributed by atoms with Gasteiger partial charge in [0.1, 0.15) is 0 Å². The van der Waals surface area contributed by atoms with Crippen LogP contribution in [0, 0.1) is 0 Å². The summed E-state index contributed by atoms with van der Waals surface area (Å²) in [6, 6.07) is 9.10. The van der Waals surface area contributed by atoms with Crippen LogP contribution in [-0.4, -0.2) is 42.0 Å². The first-order valence-corrected chi connectivity index (χ1v) is 7.62. The van der Waals surface area contributed by atoms with Crippen LogP contribution >= 0.6 is 0 Å². The molecule has 2 N–H and O–H groups in total. The minimum Gasteiger partial charge on any atom is -0.399 e. The van der Waals surface area contributed by atoms with Crippen molar-refractivity contribution in [2.75, 3.05) is 31.9 Å². The Labute approximate surface area is 116 Å². The molecule has 0 amide bonds. The van der Waals surface area contributed by atoms with Gasteiger partial charge in [0.25, 0.3) is 0 Å². The number of hydrogen-bond acceptors (Lipinski definition) is 3. The summed E-state index contributed by atoms with van der Waals surface area (Å²) in [5.74, 6) is 0. The first-order chi connectivity index (χ1) is 9.31. The first kappa shape index (κ1) is 12.9. The van der Waals surface area contributed by atoms with Crippen LogP contribution in [0.25, 0.3) is 0 Å². The van der Waals surface area contributed by atoms with Crippen LogP contribution in [0.2, 0.25) is 0 Å². The Morgan fingerprint density at radius 1 is 1.11 bits per heavy atom. The van der Waals surface area contributed by atoms with Crippen LogP contribution in [0.3, 0.4) is 0 Å². The van der Waals surface area contributed by atoms with Gasteiger partial charge in [-0.1, -0.05) is 12.1 Å². The summed E-state index contributed by atoms with van der Waals surface area (Å²) in [6.07, 6.45) is 5.49. The molecule has 1 aromatic carbocycles. The van der Waals surface area contributed by atoms with Gasteiger partial charge in [-0.2, -0.15) is 0 Å². The van der Waals surface area contributed by atoms with Gasteiger partial charge in [-0.15, -0.1) is 0 Å². The minimum atomic E-state index is 0.750. The molecule has 0 bridgehead atoms. The predicted molar refractivity (Wildman–Crippen MR) is 80.0 cm³/mol. The molecule has 0 radical (unpaired) electrons. The Hall–Kier alpha value is -1.06. The van der Waals surface area contributed by atoms with Gasteiger partial charge in [-0.05, 0) is 63.0 Å². The maximum atomic E-state index is 5.87. The summed E-state index contributed by atoms with van der Waals surface area (Å²) in [4.78, 5) is 5.29. The number of rotatable bonds is 4. The number of nitrogen functional groups attached to an aromatic ring is 1. The van der Waals surface area contributed by atoms with Gasteiger partial charge in [-0.3, -0.25) is 4.90 Å². The highest BCUT2D eigenvalue weighted by Crippen LogP contribution is 2.23. The largest absolute Gasteiger partial charge is 0.399 e. The van der Waals surface area contributed by atoms with E-state index in [4.69, 9.17) is 5.73 Å². The lowest BCUT2D eigenvalue weighted by Gasteiger charge is -2.28. The van der Waals surface area contributed by atoms with Crippen LogP contribution in [-0.2, 0) is 6.54 Å². The van der Waals surface area contributed by atoms with E-state index in [-0.39, 0.29) is 0 Å². The first-order valence-electron chi connectivity index (χ1n) is 7.62. The third-order valence-electron chi connectivity index (χ3n) is 4.50. The third kappa shape index (κ3) is 3.28. The molecular formula is C16H25N3. The van der Waals surface area contributed by atoms with Crippen molar-refractivity contribution >= 4 is 5.69 Å². The van der Waals surface area contributed by atoms with E-state index in [1.165, 1.54) is 57.4 Å². The average molecular weight is 259 g/mol. The van der Waals surface area contributed by atoms with Gasteiger partial charge in [0.2, 0.25) is 0 Å². The van der Waals surface area contributed by atoms with Crippen molar-refractivity contribution in [3.63, 3.8) is 0 Å². The highest BCUT2D eigenvalue weighted by atomic mass is 15.2. The van der Waals surface area contributed by atoms with E-state index in [9.17, 15) is 0 Å².